The number of thioether (sulfide) groups is 1. The van der Waals surface area contributed by atoms with E-state index in [1.54, 1.807) is 24.3 Å². The average molecular weight is 438 g/mol. The van der Waals surface area contributed by atoms with Crippen LogP contribution in [0, 0.1) is 11.3 Å². The summed E-state index contributed by atoms with van der Waals surface area (Å²) in [7, 11) is 0. The molecule has 0 aliphatic heterocycles. The van der Waals surface area contributed by atoms with Gasteiger partial charge in [-0.3, -0.25) is 4.79 Å². The molecule has 0 atom stereocenters. The lowest BCUT2D eigenvalue weighted by atomic mass is 9.91. The largest absolute Gasteiger partial charge is 0.478 e. The van der Waals surface area contributed by atoms with Crippen molar-refractivity contribution < 1.29 is 14.7 Å². The van der Waals surface area contributed by atoms with Crippen molar-refractivity contribution in [2.24, 2.45) is 0 Å². The van der Waals surface area contributed by atoms with Crippen LogP contribution < -0.4 is 0 Å². The highest BCUT2D eigenvalue weighted by atomic mass is 32.2. The first-order valence-electron chi connectivity index (χ1n) is 10.0. The maximum Gasteiger partial charge on any atom is 0.335 e. The van der Waals surface area contributed by atoms with Crippen molar-refractivity contribution in [3.8, 4) is 17.2 Å². The Balaban J connectivity index is 1.56. The van der Waals surface area contributed by atoms with Gasteiger partial charge in [-0.05, 0) is 45.4 Å². The normalized spacial score (nSPS) is 13.5. The van der Waals surface area contributed by atoms with Crippen LogP contribution in [0.25, 0.3) is 16.7 Å². The molecule has 0 bridgehead atoms. The van der Waals surface area contributed by atoms with Gasteiger partial charge in [0.05, 0.1) is 5.56 Å². The number of ketones is 1. The second-order valence-electron chi connectivity index (χ2n) is 7.35. The van der Waals surface area contributed by atoms with Gasteiger partial charge < -0.3 is 5.11 Å². The summed E-state index contributed by atoms with van der Waals surface area (Å²) < 4.78 is 0. The Hall–Kier alpha value is -3.88. The van der Waals surface area contributed by atoms with Gasteiger partial charge in [-0.1, -0.05) is 66.7 Å². The number of aromatic carboxylic acids is 1. The summed E-state index contributed by atoms with van der Waals surface area (Å²) in [6, 6.07) is 26.7. The predicted molar refractivity (Wildman–Crippen MR) is 127 cm³/mol. The lowest BCUT2D eigenvalue weighted by Gasteiger charge is -2.16. The summed E-state index contributed by atoms with van der Waals surface area (Å²) in [5.41, 5.74) is 5.05. The van der Waals surface area contributed by atoms with E-state index in [1.807, 2.05) is 60.7 Å². The number of carbonyl (C=O) groups is 2. The van der Waals surface area contributed by atoms with E-state index < -0.39 is 5.97 Å². The van der Waals surface area contributed by atoms with E-state index in [1.165, 1.54) is 11.8 Å². The average Bonchev–Trinajstić information content (AvgIpc) is 2.83. The van der Waals surface area contributed by atoms with E-state index >= 15 is 0 Å². The number of carboxylic acids is 1. The number of hydrogen-bond donors (Lipinski definition) is 1. The second kappa shape index (κ2) is 9.51. The van der Waals surface area contributed by atoms with Crippen LogP contribution in [0.4, 0.5) is 0 Å². The number of rotatable bonds is 6. The van der Waals surface area contributed by atoms with E-state index in [-0.39, 0.29) is 23.3 Å². The summed E-state index contributed by atoms with van der Waals surface area (Å²) >= 11 is 1.53. The molecular weight excluding hydrogens is 418 g/mol. The number of Topliss-reactive ketones (excluding diaryl/α,β-unsaturated/α-hetero) is 1. The topological polar surface area (TPSA) is 78.2 Å². The molecule has 3 aromatic rings. The van der Waals surface area contributed by atoms with Gasteiger partial charge in [-0.15, -0.1) is 11.8 Å². The fourth-order valence-electron chi connectivity index (χ4n) is 3.52. The van der Waals surface area contributed by atoms with Crippen molar-refractivity contribution in [3.05, 3.63) is 112 Å². The van der Waals surface area contributed by atoms with Gasteiger partial charge >= 0.3 is 5.97 Å². The van der Waals surface area contributed by atoms with Gasteiger partial charge in [0.1, 0.15) is 11.6 Å². The highest BCUT2D eigenvalue weighted by Gasteiger charge is 2.22. The van der Waals surface area contributed by atoms with Gasteiger partial charge in [0.2, 0.25) is 0 Å². The van der Waals surface area contributed by atoms with Crippen molar-refractivity contribution in [1.29, 1.82) is 5.26 Å². The molecule has 0 saturated carbocycles. The summed E-state index contributed by atoms with van der Waals surface area (Å²) in [6.07, 6.45) is 2.13. The fraction of sp³-hybridized carbons (Fsp3) is 0.0741. The first-order chi connectivity index (χ1) is 15.5. The van der Waals surface area contributed by atoms with Gasteiger partial charge in [-0.25, -0.2) is 4.79 Å². The van der Waals surface area contributed by atoms with Crippen molar-refractivity contribution in [2.75, 3.05) is 0 Å². The fourth-order valence-corrected chi connectivity index (χ4v) is 4.50. The highest BCUT2D eigenvalue weighted by Crippen LogP contribution is 2.35. The summed E-state index contributed by atoms with van der Waals surface area (Å²) in [5, 5.41) is 18.6. The van der Waals surface area contributed by atoms with Crippen LogP contribution in [0.3, 0.4) is 0 Å². The number of carbonyl (C=O) groups excluding carboxylic acids is 1. The van der Waals surface area contributed by atoms with Crippen LogP contribution >= 0.6 is 11.8 Å². The Morgan fingerprint density at radius 2 is 1.53 bits per heavy atom. The minimum atomic E-state index is -0.957. The van der Waals surface area contributed by atoms with Gasteiger partial charge in [0.25, 0.3) is 0 Å². The van der Waals surface area contributed by atoms with Crippen LogP contribution in [-0.4, -0.2) is 16.9 Å². The number of nitrogens with zero attached hydrogens (tertiary/aromatic N) is 1. The standard InChI is InChI=1S/C27H19NO3S/c28-16-25-24(21-12-10-20(11-13-21)19-4-2-1-3-5-19)14-23(15-26(25)29)32-17-18-6-8-22(9-7-18)27(30)31/h1-14H,15,17H2,(H,30,31). The molecule has 1 aliphatic rings. The Kier molecular flexibility index (Phi) is 6.34. The zero-order valence-electron chi connectivity index (χ0n) is 17.1. The first kappa shape index (κ1) is 21.4. The monoisotopic (exact) mass is 437 g/mol. The molecule has 0 unspecified atom stereocenters. The Morgan fingerprint density at radius 1 is 0.906 bits per heavy atom. The molecule has 0 heterocycles. The van der Waals surface area contributed by atoms with E-state index in [4.69, 9.17) is 5.11 Å². The van der Waals surface area contributed by atoms with Crippen molar-refractivity contribution >= 4 is 29.1 Å². The molecule has 0 radical (unpaired) electrons. The molecule has 3 aromatic carbocycles. The third kappa shape index (κ3) is 4.72. The number of carboxylic acid groups (broad SMARTS) is 1. The van der Waals surface area contributed by atoms with E-state index in [9.17, 15) is 14.9 Å². The Morgan fingerprint density at radius 3 is 2.16 bits per heavy atom. The Labute approximate surface area is 190 Å². The Bertz CT molecular complexity index is 1270. The molecule has 5 heteroatoms. The highest BCUT2D eigenvalue weighted by molar-refractivity contribution is 8.02. The molecule has 0 fully saturated rings. The van der Waals surface area contributed by atoms with E-state index in [0.717, 1.165) is 27.2 Å². The number of benzene rings is 3. The van der Waals surface area contributed by atoms with E-state index in [0.29, 0.717) is 11.3 Å². The zero-order chi connectivity index (χ0) is 22.5. The quantitative estimate of drug-likeness (QED) is 0.503. The molecule has 0 spiro atoms. The third-order valence-corrected chi connectivity index (χ3v) is 6.34. The van der Waals surface area contributed by atoms with Gasteiger partial charge in [-0.2, -0.15) is 5.26 Å². The third-order valence-electron chi connectivity index (χ3n) is 5.23. The maximum atomic E-state index is 12.6. The van der Waals surface area contributed by atoms with Crippen LogP contribution in [-0.2, 0) is 10.5 Å². The molecule has 4 nitrogen and oxygen atoms in total. The maximum absolute atomic E-state index is 12.6. The molecule has 1 N–H and O–H groups in total. The smallest absolute Gasteiger partial charge is 0.335 e. The summed E-state index contributed by atoms with van der Waals surface area (Å²) in [6.45, 7) is 0. The minimum absolute atomic E-state index is 0.180. The molecule has 4 rings (SSSR count). The number of hydrogen-bond acceptors (Lipinski definition) is 4. The first-order valence-corrected chi connectivity index (χ1v) is 11.0. The predicted octanol–water partition coefficient (Wildman–Crippen LogP) is 6.12. The molecule has 0 amide bonds. The van der Waals surface area contributed by atoms with Crippen LogP contribution in [0.2, 0.25) is 0 Å². The van der Waals surface area contributed by atoms with Crippen LogP contribution in [0.1, 0.15) is 27.9 Å². The molecule has 32 heavy (non-hydrogen) atoms. The minimum Gasteiger partial charge on any atom is -0.478 e. The molecule has 0 saturated heterocycles. The van der Waals surface area contributed by atoms with Crippen LogP contribution in [0.15, 0.2) is 95.4 Å². The second-order valence-corrected chi connectivity index (χ2v) is 8.45. The zero-order valence-corrected chi connectivity index (χ0v) is 17.9. The van der Waals surface area contributed by atoms with E-state index in [2.05, 4.69) is 6.07 Å². The van der Waals surface area contributed by atoms with Crippen molar-refractivity contribution in [1.82, 2.24) is 0 Å². The summed E-state index contributed by atoms with van der Waals surface area (Å²) in [4.78, 5) is 24.5. The van der Waals surface area contributed by atoms with Gasteiger partial charge in [0, 0.05) is 17.7 Å². The molecular formula is C27H19NO3S. The molecule has 1 aliphatic carbocycles. The van der Waals surface area contributed by atoms with Crippen molar-refractivity contribution in [3.63, 3.8) is 0 Å². The molecule has 156 valence electrons. The van der Waals surface area contributed by atoms with Gasteiger partial charge in [0.15, 0.2) is 5.78 Å². The number of allylic oxidation sites excluding steroid dienone is 4. The summed E-state index contributed by atoms with van der Waals surface area (Å²) in [5.74, 6) is -0.524. The number of nitriles is 1. The SMILES string of the molecule is N#CC1=C(c2ccc(-c3ccccc3)cc2)C=C(SCc2ccc(C(=O)O)cc2)CC1=O. The lowest BCUT2D eigenvalue weighted by Crippen LogP contribution is -2.09. The lowest BCUT2D eigenvalue weighted by molar-refractivity contribution is -0.114. The van der Waals surface area contributed by atoms with Crippen LogP contribution in [0.5, 0.6) is 0 Å². The van der Waals surface area contributed by atoms with Crippen molar-refractivity contribution in [2.45, 2.75) is 12.2 Å². The molecule has 0 aromatic heterocycles.